The number of rotatable bonds is 12. The van der Waals surface area contributed by atoms with Crippen LogP contribution in [0.1, 0.15) is 36.6 Å². The molecule has 0 aliphatic heterocycles. The zero-order valence-corrected chi connectivity index (χ0v) is 41.9. The third-order valence-corrected chi connectivity index (χ3v) is 10.2. The van der Waals surface area contributed by atoms with Crippen LogP contribution in [-0.4, -0.2) is 72.4 Å². The van der Waals surface area contributed by atoms with E-state index in [0.717, 1.165) is 91.1 Å². The highest BCUT2D eigenvalue weighted by Crippen LogP contribution is 2.33. The van der Waals surface area contributed by atoms with E-state index in [1.807, 2.05) is 0 Å². The lowest BCUT2D eigenvalue weighted by Crippen LogP contribution is -2.18. The minimum atomic E-state index is -4.86. The monoisotopic (exact) mass is 1220 g/mol. The second-order valence-corrected chi connectivity index (χ2v) is 16.7. The lowest BCUT2D eigenvalue weighted by molar-refractivity contribution is -0.276. The van der Waals surface area contributed by atoms with Crippen LogP contribution in [0.15, 0.2) is 147 Å². The molecule has 0 bridgehead atoms. The molecule has 9 rings (SSSR count). The number of nitrogens with zero attached hydrogens (tertiary/aromatic N) is 7. The lowest BCUT2D eigenvalue weighted by atomic mass is 10.1. The highest BCUT2D eigenvalue weighted by atomic mass is 35.5. The van der Waals surface area contributed by atoms with Gasteiger partial charge in [-0.1, -0.05) is 56.2 Å². The average Bonchev–Trinajstić information content (AvgIpc) is 4.38. The molecule has 0 unspecified atom stereocenters. The maximum absolute atomic E-state index is 12.6. The van der Waals surface area contributed by atoms with Crippen molar-refractivity contribution in [2.45, 2.75) is 25.3 Å². The molecule has 3 amide bonds. The number of benzene rings is 5. The van der Waals surface area contributed by atoms with E-state index in [4.69, 9.17) is 48.1 Å². The number of carbonyl (C=O) groups excluding carboxylic acids is 3. The smallest absolute Gasteiger partial charge is 0.406 e. The second-order valence-electron chi connectivity index (χ2n) is 15.4. The molecule has 3 N–H and O–H groups in total. The molecule has 426 valence electrons. The summed E-state index contributed by atoms with van der Waals surface area (Å²) in [7, 11) is 0. The highest BCUT2D eigenvalue weighted by molar-refractivity contribution is 6.35. The summed E-state index contributed by atoms with van der Waals surface area (Å²) in [6.45, 7) is 0. The van der Waals surface area contributed by atoms with E-state index in [0.29, 0.717) is 26.2 Å². The van der Waals surface area contributed by atoms with Crippen LogP contribution >= 0.6 is 34.8 Å². The summed E-state index contributed by atoms with van der Waals surface area (Å²) in [6.07, 6.45) is -18.1. The second kappa shape index (κ2) is 25.3. The van der Waals surface area contributed by atoms with Gasteiger partial charge >= 0.3 is 43.3 Å². The first-order chi connectivity index (χ1) is 38.5. The van der Waals surface area contributed by atoms with E-state index in [2.05, 4.69) is 65.7 Å². The average molecular weight is 1220 g/mol. The highest BCUT2D eigenvalue weighted by Gasteiger charge is 2.34. The summed E-state index contributed by atoms with van der Waals surface area (Å²) in [6, 6.07) is 24.9. The molecule has 0 saturated heterocycles. The fourth-order valence-electron chi connectivity index (χ4n) is 6.09. The number of halogens is 15. The van der Waals surface area contributed by atoms with Gasteiger partial charge in [0.05, 0.1) is 11.1 Å². The quantitative estimate of drug-likeness (QED) is 0.0963. The van der Waals surface area contributed by atoms with Crippen molar-refractivity contribution in [3.63, 3.8) is 0 Å². The summed E-state index contributed by atoms with van der Waals surface area (Å²) in [5, 5.41) is 30.1. The van der Waals surface area contributed by atoms with E-state index < -0.39 is 65.9 Å². The van der Waals surface area contributed by atoms with Gasteiger partial charge in [0.1, 0.15) is 11.5 Å². The van der Waals surface area contributed by atoms with Crippen LogP contribution < -0.4 is 30.2 Å². The third-order valence-electron chi connectivity index (χ3n) is 9.50. The molecule has 9 aromatic rings. The number of hydrogen-bond acceptors (Lipinski definition) is 16. The normalized spacial score (nSPS) is 11.5. The van der Waals surface area contributed by atoms with Crippen LogP contribution in [-0.2, 0) is 6.18 Å². The SMILES string of the molecule is O=C(Nc1nnc(-c2cc(Cl)cc(Cl)c2)o1)c1ccc(OC(F)(F)F)cc1.O=C(Nc1nnc(-c2ccc(C(F)(F)F)cc2)o1)c1ccc(OC(F)(F)F)cc1.O=C(Nc1nnc(-c2cccc(Cl)c2)o1)c1ccc(OC(F)(F)F)nc1. The van der Waals surface area contributed by atoms with Crippen molar-refractivity contribution in [1.29, 1.82) is 0 Å². The number of ether oxygens (including phenoxy) is 3. The lowest BCUT2D eigenvalue weighted by Gasteiger charge is -2.08. The third kappa shape index (κ3) is 18.3. The van der Waals surface area contributed by atoms with Crippen molar-refractivity contribution in [3.05, 3.63) is 171 Å². The molecule has 82 heavy (non-hydrogen) atoms. The number of hydrogen-bond donors (Lipinski definition) is 3. The fraction of sp³-hybridized carbons (Fsp3) is 0.0833. The summed E-state index contributed by atoms with van der Waals surface area (Å²) in [4.78, 5) is 39.7. The number of carbonyl (C=O) groups is 3. The molecule has 5 aromatic carbocycles. The Balaban J connectivity index is 0.000000177. The van der Waals surface area contributed by atoms with Crippen molar-refractivity contribution >= 4 is 70.6 Å². The molecule has 0 radical (unpaired) electrons. The van der Waals surface area contributed by atoms with Crippen molar-refractivity contribution < 1.29 is 94.5 Å². The first-order valence-corrected chi connectivity index (χ1v) is 22.9. The predicted molar refractivity (Wildman–Crippen MR) is 260 cm³/mol. The maximum Gasteiger partial charge on any atom is 0.574 e. The van der Waals surface area contributed by atoms with Gasteiger partial charge in [-0.25, -0.2) is 4.98 Å². The summed E-state index contributed by atoms with van der Waals surface area (Å²) in [5.41, 5.74) is 0.368. The summed E-state index contributed by atoms with van der Waals surface area (Å²) < 4.78 is 174. The van der Waals surface area contributed by atoms with Crippen molar-refractivity contribution in [2.24, 2.45) is 0 Å². The van der Waals surface area contributed by atoms with Gasteiger partial charge in [0.25, 0.3) is 17.7 Å². The first kappa shape index (κ1) is 60.2. The molecule has 19 nitrogen and oxygen atoms in total. The van der Waals surface area contributed by atoms with Crippen LogP contribution in [0.3, 0.4) is 0 Å². The zero-order valence-electron chi connectivity index (χ0n) is 39.7. The molecule has 4 aromatic heterocycles. The standard InChI is InChI=1S/C17H9F6N3O3.C16H8Cl2F3N3O3.C15H8ClF3N4O3/c18-16(19,20)11-5-1-10(2-6-11)14-25-26-15(28-14)24-13(27)9-3-7-12(8-4-9)29-17(21,22)23;17-10-5-9(6-11(18)7-10)14-23-24-15(26-14)22-13(25)8-1-3-12(4-2-8)27-16(19,20)21;16-10-3-1-2-8(6-10)13-22-23-14(25-13)21-12(24)9-4-5-11(20-7-9)26-15(17,18)19/h1-8H,(H,24,26,27);1-7H,(H,22,24,25);1-7H,(H,21,23,24). The van der Waals surface area contributed by atoms with Gasteiger partial charge in [-0.3, -0.25) is 30.3 Å². The number of amides is 3. The Morgan fingerprint density at radius 2 is 0.817 bits per heavy atom. The van der Waals surface area contributed by atoms with Crippen molar-refractivity contribution in [1.82, 2.24) is 35.6 Å². The molecule has 34 heteroatoms. The fourth-order valence-corrected chi connectivity index (χ4v) is 6.81. The van der Waals surface area contributed by atoms with Crippen LogP contribution in [0.5, 0.6) is 17.4 Å². The molecule has 0 aliphatic rings. The minimum Gasteiger partial charge on any atom is -0.406 e. The van der Waals surface area contributed by atoms with E-state index in [-0.39, 0.29) is 58.0 Å². The van der Waals surface area contributed by atoms with E-state index in [1.165, 1.54) is 6.07 Å². The molecule has 0 saturated carbocycles. The van der Waals surface area contributed by atoms with E-state index >= 15 is 0 Å². The Morgan fingerprint density at radius 1 is 0.415 bits per heavy atom. The Morgan fingerprint density at radius 3 is 1.22 bits per heavy atom. The van der Waals surface area contributed by atoms with E-state index in [1.54, 1.807) is 36.4 Å². The largest absolute Gasteiger partial charge is 0.574 e. The molecule has 0 spiro atoms. The van der Waals surface area contributed by atoms with Crippen LogP contribution in [0.2, 0.25) is 15.1 Å². The van der Waals surface area contributed by atoms with E-state index in [9.17, 15) is 67.1 Å². The molecular formula is C48H25Cl3F12N10O9. The Kier molecular flexibility index (Phi) is 18.6. The predicted octanol–water partition coefficient (Wildman–Crippen LogP) is 14.0. The Labute approximate surface area is 463 Å². The van der Waals surface area contributed by atoms with Gasteiger partial charge < -0.3 is 27.5 Å². The van der Waals surface area contributed by atoms with Gasteiger partial charge in [0.15, 0.2) is 0 Å². The number of anilines is 3. The van der Waals surface area contributed by atoms with Crippen LogP contribution in [0, 0.1) is 0 Å². The van der Waals surface area contributed by atoms with Crippen molar-refractivity contribution in [3.8, 4) is 51.7 Å². The van der Waals surface area contributed by atoms with Crippen molar-refractivity contribution in [2.75, 3.05) is 16.0 Å². The minimum absolute atomic E-state index is 0.0196. The Hall–Kier alpha value is -9.49. The summed E-state index contributed by atoms with van der Waals surface area (Å²) >= 11 is 17.7. The number of pyridine rings is 1. The number of nitrogens with one attached hydrogen (secondary N) is 3. The molecular weight excluding hydrogens is 1190 g/mol. The van der Waals surface area contributed by atoms with Gasteiger partial charge in [-0.15, -0.1) is 54.8 Å². The van der Waals surface area contributed by atoms with Crippen LogP contribution in [0.4, 0.5) is 70.7 Å². The summed E-state index contributed by atoms with van der Waals surface area (Å²) in [5.74, 6) is -3.68. The maximum atomic E-state index is 12.6. The molecule has 0 fully saturated rings. The Bertz CT molecular complexity index is 3640. The van der Waals surface area contributed by atoms with Gasteiger partial charge in [-0.2, -0.15) is 13.2 Å². The topological polar surface area (TPSA) is 245 Å². The zero-order chi connectivity index (χ0) is 59.6. The molecule has 0 aliphatic carbocycles. The number of aromatic nitrogens is 7. The van der Waals surface area contributed by atoms with Gasteiger partial charge in [0.2, 0.25) is 23.6 Å². The van der Waals surface area contributed by atoms with Gasteiger partial charge in [-0.05, 0) is 115 Å². The number of alkyl halides is 12. The van der Waals surface area contributed by atoms with Crippen LogP contribution in [0.25, 0.3) is 34.4 Å². The van der Waals surface area contributed by atoms with Gasteiger partial charge in [0, 0.05) is 55.1 Å². The molecule has 4 heterocycles. The molecule has 0 atom stereocenters. The first-order valence-electron chi connectivity index (χ1n) is 21.8.